The van der Waals surface area contributed by atoms with Gasteiger partial charge in [-0.3, -0.25) is 9.59 Å². The van der Waals surface area contributed by atoms with Gasteiger partial charge in [-0.2, -0.15) is 0 Å². The second-order valence-corrected chi connectivity index (χ2v) is 5.75. The number of anilines is 2. The Morgan fingerprint density at radius 3 is 2.52 bits per heavy atom. The highest BCUT2D eigenvalue weighted by molar-refractivity contribution is 5.94. The van der Waals surface area contributed by atoms with E-state index >= 15 is 0 Å². The van der Waals surface area contributed by atoms with E-state index in [1.807, 2.05) is 13.0 Å². The van der Waals surface area contributed by atoms with Crippen LogP contribution in [-0.2, 0) is 9.59 Å². The van der Waals surface area contributed by atoms with Gasteiger partial charge in [0, 0.05) is 24.3 Å². The summed E-state index contributed by atoms with van der Waals surface area (Å²) in [5.41, 5.74) is 8.45. The zero-order valence-corrected chi connectivity index (χ0v) is 12.6. The molecule has 0 bridgehead atoms. The fourth-order valence-corrected chi connectivity index (χ4v) is 2.79. The van der Waals surface area contributed by atoms with Gasteiger partial charge in [-0.15, -0.1) is 0 Å². The van der Waals surface area contributed by atoms with Gasteiger partial charge in [0.25, 0.3) is 0 Å². The van der Waals surface area contributed by atoms with E-state index in [1.165, 1.54) is 6.92 Å². The molecular weight excluding hydrogens is 266 g/mol. The number of aryl methyl sites for hydroxylation is 1. The van der Waals surface area contributed by atoms with Crippen LogP contribution in [-0.4, -0.2) is 17.9 Å². The Morgan fingerprint density at radius 2 is 1.90 bits per heavy atom. The molecule has 0 radical (unpaired) electrons. The van der Waals surface area contributed by atoms with Crippen LogP contribution in [0, 0.1) is 12.8 Å². The van der Waals surface area contributed by atoms with Crippen LogP contribution in [0.5, 0.6) is 0 Å². The molecule has 2 amide bonds. The molecule has 1 aromatic rings. The van der Waals surface area contributed by atoms with Crippen molar-refractivity contribution in [2.75, 3.05) is 10.6 Å². The van der Waals surface area contributed by atoms with Crippen molar-refractivity contribution in [2.24, 2.45) is 11.7 Å². The number of nitrogens with two attached hydrogens (primary N) is 1. The molecule has 114 valence electrons. The minimum atomic E-state index is -0.108. The summed E-state index contributed by atoms with van der Waals surface area (Å²) in [6, 6.07) is 5.41. The first-order valence-electron chi connectivity index (χ1n) is 7.42. The molecule has 2 unspecified atom stereocenters. The third-order valence-corrected chi connectivity index (χ3v) is 3.96. The van der Waals surface area contributed by atoms with Gasteiger partial charge < -0.3 is 16.4 Å². The van der Waals surface area contributed by atoms with E-state index in [4.69, 9.17) is 5.73 Å². The fourth-order valence-electron chi connectivity index (χ4n) is 2.79. The van der Waals surface area contributed by atoms with Gasteiger partial charge in [-0.05, 0) is 43.5 Å². The molecule has 5 heteroatoms. The second kappa shape index (κ2) is 6.72. The Balaban J connectivity index is 2.04. The molecule has 2 rings (SSSR count). The lowest BCUT2D eigenvalue weighted by Crippen LogP contribution is -2.40. The first-order chi connectivity index (χ1) is 9.97. The summed E-state index contributed by atoms with van der Waals surface area (Å²) < 4.78 is 0. The summed E-state index contributed by atoms with van der Waals surface area (Å²) in [6.45, 7) is 3.37. The molecule has 2 atom stereocenters. The van der Waals surface area contributed by atoms with Crippen molar-refractivity contribution in [2.45, 2.75) is 45.6 Å². The summed E-state index contributed by atoms with van der Waals surface area (Å²) in [5.74, 6) is -0.217. The predicted octanol–water partition coefficient (Wildman–Crippen LogP) is 2.41. The molecule has 1 fully saturated rings. The number of nitrogens with one attached hydrogen (secondary N) is 2. The number of amides is 2. The number of rotatable bonds is 3. The highest BCUT2D eigenvalue weighted by atomic mass is 16.2. The Labute approximate surface area is 125 Å². The molecule has 1 aliphatic rings. The van der Waals surface area contributed by atoms with Crippen LogP contribution in [0.2, 0.25) is 0 Å². The van der Waals surface area contributed by atoms with Gasteiger partial charge in [-0.1, -0.05) is 12.8 Å². The maximum absolute atomic E-state index is 12.3. The van der Waals surface area contributed by atoms with Crippen LogP contribution in [0.3, 0.4) is 0 Å². The van der Waals surface area contributed by atoms with E-state index in [2.05, 4.69) is 10.6 Å². The van der Waals surface area contributed by atoms with E-state index in [9.17, 15) is 9.59 Å². The lowest BCUT2D eigenvalue weighted by Gasteiger charge is -2.27. The molecule has 1 aromatic carbocycles. The Bertz CT molecular complexity index is 542. The lowest BCUT2D eigenvalue weighted by molar-refractivity contribution is -0.121. The monoisotopic (exact) mass is 289 g/mol. The Hall–Kier alpha value is -1.88. The Kier molecular flexibility index (Phi) is 4.96. The van der Waals surface area contributed by atoms with Crippen LogP contribution in [0.25, 0.3) is 0 Å². The molecule has 1 aliphatic carbocycles. The fraction of sp³-hybridized carbons (Fsp3) is 0.500. The highest BCUT2D eigenvalue weighted by Gasteiger charge is 2.28. The normalized spacial score (nSPS) is 21.7. The molecule has 0 heterocycles. The van der Waals surface area contributed by atoms with E-state index in [1.54, 1.807) is 12.1 Å². The van der Waals surface area contributed by atoms with Crippen molar-refractivity contribution in [1.82, 2.24) is 0 Å². The average molecular weight is 289 g/mol. The number of hydrogen-bond acceptors (Lipinski definition) is 3. The van der Waals surface area contributed by atoms with Crippen LogP contribution in [0.15, 0.2) is 18.2 Å². The quantitative estimate of drug-likeness (QED) is 0.799. The van der Waals surface area contributed by atoms with Gasteiger partial charge in [0.15, 0.2) is 0 Å². The zero-order valence-electron chi connectivity index (χ0n) is 12.6. The number of carbonyl (C=O) groups is 2. The van der Waals surface area contributed by atoms with Gasteiger partial charge >= 0.3 is 0 Å². The first kappa shape index (κ1) is 15.5. The minimum Gasteiger partial charge on any atom is -0.327 e. The molecule has 5 nitrogen and oxygen atoms in total. The van der Waals surface area contributed by atoms with E-state index in [-0.39, 0.29) is 23.8 Å². The van der Waals surface area contributed by atoms with Crippen LogP contribution < -0.4 is 16.4 Å². The maximum Gasteiger partial charge on any atom is 0.229 e. The molecule has 0 aromatic heterocycles. The summed E-state index contributed by atoms with van der Waals surface area (Å²) in [6.07, 6.45) is 3.94. The van der Waals surface area contributed by atoms with Crippen LogP contribution in [0.4, 0.5) is 11.4 Å². The average Bonchev–Trinajstić information content (AvgIpc) is 2.42. The SMILES string of the molecule is CC(=O)Nc1ccc(NC(=O)C2CCCCC2N)cc1C. The highest BCUT2D eigenvalue weighted by Crippen LogP contribution is 2.25. The predicted molar refractivity (Wildman–Crippen MR) is 84.0 cm³/mol. The van der Waals surface area contributed by atoms with Gasteiger partial charge in [0.05, 0.1) is 5.92 Å². The number of benzene rings is 1. The molecule has 4 N–H and O–H groups in total. The van der Waals surface area contributed by atoms with Crippen molar-refractivity contribution in [1.29, 1.82) is 0 Å². The standard InChI is InChI=1S/C16H23N3O2/c1-10-9-12(7-8-15(10)18-11(2)20)19-16(21)13-5-3-4-6-14(13)17/h7-9,13-14H,3-6,17H2,1-2H3,(H,18,20)(H,19,21). The second-order valence-electron chi connectivity index (χ2n) is 5.75. The third-order valence-electron chi connectivity index (χ3n) is 3.96. The topological polar surface area (TPSA) is 84.2 Å². The summed E-state index contributed by atoms with van der Waals surface area (Å²) >= 11 is 0. The van der Waals surface area contributed by atoms with E-state index in [0.717, 1.165) is 42.6 Å². The van der Waals surface area contributed by atoms with E-state index in [0.29, 0.717) is 0 Å². The number of carbonyl (C=O) groups excluding carboxylic acids is 2. The van der Waals surface area contributed by atoms with Crippen molar-refractivity contribution >= 4 is 23.2 Å². The summed E-state index contributed by atoms with van der Waals surface area (Å²) in [4.78, 5) is 23.4. The van der Waals surface area contributed by atoms with E-state index < -0.39 is 0 Å². The van der Waals surface area contributed by atoms with Crippen molar-refractivity contribution < 1.29 is 9.59 Å². The largest absolute Gasteiger partial charge is 0.327 e. The smallest absolute Gasteiger partial charge is 0.229 e. The van der Waals surface area contributed by atoms with Gasteiger partial charge in [0.1, 0.15) is 0 Å². The van der Waals surface area contributed by atoms with Crippen LogP contribution in [0.1, 0.15) is 38.2 Å². The van der Waals surface area contributed by atoms with Crippen molar-refractivity contribution in [3.63, 3.8) is 0 Å². The molecular formula is C16H23N3O2. The molecule has 0 aliphatic heterocycles. The number of hydrogen-bond donors (Lipinski definition) is 3. The summed E-state index contributed by atoms with van der Waals surface area (Å²) in [5, 5.41) is 5.68. The van der Waals surface area contributed by atoms with Crippen molar-refractivity contribution in [3.05, 3.63) is 23.8 Å². The molecule has 0 saturated heterocycles. The zero-order chi connectivity index (χ0) is 15.4. The Morgan fingerprint density at radius 1 is 1.19 bits per heavy atom. The maximum atomic E-state index is 12.3. The molecule has 1 saturated carbocycles. The first-order valence-corrected chi connectivity index (χ1v) is 7.42. The van der Waals surface area contributed by atoms with Gasteiger partial charge in [-0.25, -0.2) is 0 Å². The minimum absolute atomic E-state index is 0.00567. The summed E-state index contributed by atoms with van der Waals surface area (Å²) in [7, 11) is 0. The molecule has 0 spiro atoms. The molecule has 21 heavy (non-hydrogen) atoms. The van der Waals surface area contributed by atoms with Crippen molar-refractivity contribution in [3.8, 4) is 0 Å². The van der Waals surface area contributed by atoms with Gasteiger partial charge in [0.2, 0.25) is 11.8 Å². The lowest BCUT2D eigenvalue weighted by atomic mass is 9.84. The third kappa shape index (κ3) is 4.04. The van der Waals surface area contributed by atoms with Crippen LogP contribution >= 0.6 is 0 Å².